The Morgan fingerprint density at radius 1 is 1.04 bits per heavy atom. The number of carbonyl (C=O) groups is 1. The van der Waals surface area contributed by atoms with Crippen molar-refractivity contribution >= 4 is 30.1 Å². The number of esters is 1. The number of rotatable bonds is 7. The monoisotopic (exact) mass is 365 g/mol. The highest BCUT2D eigenvalue weighted by Crippen LogP contribution is 2.31. The number of hydrogen-bond donors (Lipinski definition) is 1. The normalized spacial score (nSPS) is 12.1. The topological polar surface area (TPSA) is 52.3 Å². The number of halogens is 1. The van der Waals surface area contributed by atoms with Crippen molar-refractivity contribution in [2.24, 2.45) is 5.73 Å². The average molecular weight is 366 g/mol. The third kappa shape index (κ3) is 6.19. The number of nitrogens with two attached hydrogens (primary N) is 1. The zero-order valence-electron chi connectivity index (χ0n) is 14.0. The maximum Gasteiger partial charge on any atom is 0.324 e. The fourth-order valence-electron chi connectivity index (χ4n) is 2.04. The van der Waals surface area contributed by atoms with E-state index in [1.807, 2.05) is 62.4 Å². The molecule has 0 aliphatic rings. The van der Waals surface area contributed by atoms with Gasteiger partial charge in [0, 0.05) is 10.5 Å². The highest BCUT2D eigenvalue weighted by atomic mass is 35.5. The Bertz CT molecular complexity index is 620. The first kappa shape index (κ1) is 20.6. The van der Waals surface area contributed by atoms with Crippen LogP contribution in [0.15, 0.2) is 60.7 Å². The number of benzene rings is 2. The summed E-state index contributed by atoms with van der Waals surface area (Å²) in [6, 6.07) is 19.1. The largest absolute Gasteiger partial charge is 0.460 e. The van der Waals surface area contributed by atoms with E-state index in [2.05, 4.69) is 12.1 Å². The van der Waals surface area contributed by atoms with E-state index in [0.29, 0.717) is 0 Å². The predicted octanol–water partition coefficient (Wildman–Crippen LogP) is 4.19. The van der Waals surface area contributed by atoms with Gasteiger partial charge in [-0.2, -0.15) is 0 Å². The van der Waals surface area contributed by atoms with Gasteiger partial charge in [0.25, 0.3) is 0 Å². The van der Waals surface area contributed by atoms with Crippen LogP contribution in [0.2, 0.25) is 0 Å². The molecular formula is C19H24ClNO2S. The third-order valence-electron chi connectivity index (χ3n) is 3.68. The van der Waals surface area contributed by atoms with E-state index in [1.165, 1.54) is 5.56 Å². The van der Waals surface area contributed by atoms with Crippen LogP contribution in [-0.4, -0.2) is 16.8 Å². The zero-order chi connectivity index (χ0) is 16.7. The molecule has 0 radical (unpaired) electrons. The van der Waals surface area contributed by atoms with Crippen molar-refractivity contribution in [3.8, 4) is 0 Å². The molecule has 24 heavy (non-hydrogen) atoms. The predicted molar refractivity (Wildman–Crippen MR) is 103 cm³/mol. The van der Waals surface area contributed by atoms with Crippen molar-refractivity contribution in [2.75, 3.05) is 0 Å². The molecule has 0 spiro atoms. The van der Waals surface area contributed by atoms with Gasteiger partial charge in [-0.3, -0.25) is 4.79 Å². The summed E-state index contributed by atoms with van der Waals surface area (Å²) in [5, 5.41) is 0. The molecule has 1 atom stereocenters. The summed E-state index contributed by atoms with van der Waals surface area (Å²) in [4.78, 5) is 12.2. The van der Waals surface area contributed by atoms with Crippen LogP contribution in [0.1, 0.15) is 25.0 Å². The average Bonchev–Trinajstić information content (AvgIpc) is 2.59. The molecule has 2 N–H and O–H groups in total. The molecule has 2 aromatic carbocycles. The van der Waals surface area contributed by atoms with Crippen molar-refractivity contribution in [3.63, 3.8) is 0 Å². The van der Waals surface area contributed by atoms with Crippen molar-refractivity contribution in [1.82, 2.24) is 0 Å². The van der Waals surface area contributed by atoms with E-state index in [0.717, 1.165) is 11.3 Å². The number of ether oxygens (including phenoxy) is 1. The molecule has 0 heterocycles. The minimum Gasteiger partial charge on any atom is -0.460 e. The maximum absolute atomic E-state index is 12.2. The second-order valence-electron chi connectivity index (χ2n) is 5.95. The lowest BCUT2D eigenvalue weighted by atomic mass is 10.0. The highest BCUT2D eigenvalue weighted by Gasteiger charge is 2.33. The van der Waals surface area contributed by atoms with Gasteiger partial charge in [-0.1, -0.05) is 60.7 Å². The van der Waals surface area contributed by atoms with Gasteiger partial charge in [0.05, 0.1) is 0 Å². The molecule has 0 saturated heterocycles. The first-order chi connectivity index (χ1) is 11.0. The molecular weight excluding hydrogens is 342 g/mol. The third-order valence-corrected chi connectivity index (χ3v) is 5.16. The van der Waals surface area contributed by atoms with Crippen LogP contribution in [0.25, 0.3) is 0 Å². The Hall–Kier alpha value is -1.49. The summed E-state index contributed by atoms with van der Waals surface area (Å²) in [6.07, 6.45) is 0. The summed E-state index contributed by atoms with van der Waals surface area (Å²) >= 11 is 1.66. The second kappa shape index (κ2) is 9.72. The van der Waals surface area contributed by atoms with Crippen LogP contribution in [0, 0.1) is 0 Å². The molecule has 130 valence electrons. The van der Waals surface area contributed by atoms with Crippen molar-refractivity contribution in [3.05, 3.63) is 71.8 Å². The highest BCUT2D eigenvalue weighted by molar-refractivity contribution is 7.99. The molecule has 0 bridgehead atoms. The lowest BCUT2D eigenvalue weighted by molar-refractivity contribution is -0.147. The van der Waals surface area contributed by atoms with E-state index >= 15 is 0 Å². The molecule has 0 amide bonds. The number of thioether (sulfide) groups is 1. The fraction of sp³-hybridized carbons (Fsp3) is 0.316. The molecule has 1 unspecified atom stereocenters. The van der Waals surface area contributed by atoms with E-state index in [-0.39, 0.29) is 25.0 Å². The van der Waals surface area contributed by atoms with Crippen molar-refractivity contribution in [2.45, 2.75) is 37.0 Å². The Morgan fingerprint density at radius 2 is 1.54 bits per heavy atom. The van der Waals surface area contributed by atoms with Gasteiger partial charge >= 0.3 is 5.97 Å². The van der Waals surface area contributed by atoms with Gasteiger partial charge in [-0.15, -0.1) is 24.2 Å². The van der Waals surface area contributed by atoms with Crippen molar-refractivity contribution in [1.29, 1.82) is 0 Å². The van der Waals surface area contributed by atoms with Gasteiger partial charge < -0.3 is 10.5 Å². The fourth-order valence-corrected chi connectivity index (χ4v) is 3.04. The molecule has 0 saturated carbocycles. The van der Waals surface area contributed by atoms with Gasteiger partial charge in [0.15, 0.2) is 0 Å². The molecule has 0 aliphatic carbocycles. The van der Waals surface area contributed by atoms with E-state index < -0.39 is 10.8 Å². The Morgan fingerprint density at radius 3 is 2.08 bits per heavy atom. The van der Waals surface area contributed by atoms with Crippen LogP contribution in [-0.2, 0) is 21.9 Å². The van der Waals surface area contributed by atoms with E-state index in [9.17, 15) is 4.79 Å². The van der Waals surface area contributed by atoms with E-state index in [4.69, 9.17) is 10.5 Å². The van der Waals surface area contributed by atoms with E-state index in [1.54, 1.807) is 11.8 Å². The van der Waals surface area contributed by atoms with Crippen molar-refractivity contribution < 1.29 is 9.53 Å². The summed E-state index contributed by atoms with van der Waals surface area (Å²) in [7, 11) is 0. The van der Waals surface area contributed by atoms with Gasteiger partial charge in [0.1, 0.15) is 12.6 Å². The van der Waals surface area contributed by atoms with Crippen LogP contribution in [0.5, 0.6) is 0 Å². The first-order valence-corrected chi connectivity index (χ1v) is 8.61. The lowest BCUT2D eigenvalue weighted by Crippen LogP contribution is -2.47. The van der Waals surface area contributed by atoms with Crippen LogP contribution in [0.3, 0.4) is 0 Å². The smallest absolute Gasteiger partial charge is 0.324 e. The zero-order valence-corrected chi connectivity index (χ0v) is 15.6. The molecule has 2 rings (SSSR count). The second-order valence-corrected chi connectivity index (χ2v) is 7.58. The summed E-state index contributed by atoms with van der Waals surface area (Å²) in [6.45, 7) is 4.22. The number of hydrogen-bond acceptors (Lipinski definition) is 4. The molecule has 3 nitrogen and oxygen atoms in total. The summed E-state index contributed by atoms with van der Waals surface area (Å²) in [5.41, 5.74) is 8.31. The minimum absolute atomic E-state index is 0. The van der Waals surface area contributed by atoms with Gasteiger partial charge in [-0.05, 0) is 25.0 Å². The Kier molecular flexibility index (Phi) is 8.32. The van der Waals surface area contributed by atoms with Crippen LogP contribution >= 0.6 is 24.2 Å². The summed E-state index contributed by atoms with van der Waals surface area (Å²) in [5.74, 6) is 0.451. The molecule has 0 aliphatic heterocycles. The SMILES string of the molecule is CC(C)(SCc1ccccc1)C(N)C(=O)OCc1ccccc1.Cl. The molecule has 2 aromatic rings. The number of carbonyl (C=O) groups excluding carboxylic acids is 1. The maximum atomic E-state index is 12.2. The minimum atomic E-state index is -0.667. The molecule has 0 fully saturated rings. The standard InChI is InChI=1S/C19H23NO2S.ClH/c1-19(2,23-14-16-11-7-4-8-12-16)17(20)18(21)22-13-15-9-5-3-6-10-15;/h3-12,17H,13-14,20H2,1-2H3;1H. The Labute approximate surface area is 154 Å². The van der Waals surface area contributed by atoms with Gasteiger partial charge in [-0.25, -0.2) is 0 Å². The quantitative estimate of drug-likeness (QED) is 0.747. The van der Waals surface area contributed by atoms with Gasteiger partial charge in [0.2, 0.25) is 0 Å². The molecule has 5 heteroatoms. The Balaban J connectivity index is 0.00000288. The van der Waals surface area contributed by atoms with Crippen LogP contribution in [0.4, 0.5) is 0 Å². The van der Waals surface area contributed by atoms with Crippen LogP contribution < -0.4 is 5.73 Å². The molecule has 0 aromatic heterocycles. The summed E-state index contributed by atoms with van der Waals surface area (Å²) < 4.78 is 4.95. The lowest BCUT2D eigenvalue weighted by Gasteiger charge is -2.29. The first-order valence-electron chi connectivity index (χ1n) is 7.63.